The van der Waals surface area contributed by atoms with Crippen molar-refractivity contribution in [1.82, 2.24) is 0 Å². The summed E-state index contributed by atoms with van der Waals surface area (Å²) in [5.41, 5.74) is 0. The maximum absolute atomic E-state index is 0. The lowest BCUT2D eigenvalue weighted by Gasteiger charge is -0.413. The molecule has 600 valence electrons. The molecule has 0 aromatic rings. The van der Waals surface area contributed by atoms with Crippen LogP contribution >= 0.6 is 0 Å². The SMILES string of the molecule is O.O.O.O.O.O.O.O.O.O.O.O.O.O.O.O.O.O.O.O.O.O.O.O.O.O.O.O.O.O.O.O.O.O.O.O.O.O.O.O.O.O.O.O.O.O.O.O.O.O.O.O.O.O.O.O.O.O.O.O.O.O.O.O.O.O.O.O.O.O.O.O.O.O.O. The Labute approximate surface area is 412 Å². The zero-order valence-corrected chi connectivity index (χ0v) is 37.5. The molecule has 75 heteroatoms. The second-order valence-corrected chi connectivity index (χ2v) is 0. The van der Waals surface area contributed by atoms with E-state index in [-0.39, 0.29) is 411 Å². The van der Waals surface area contributed by atoms with Crippen molar-refractivity contribution in [3.63, 3.8) is 0 Å². The molecule has 0 spiro atoms. The molecule has 0 aromatic heterocycles. The molecule has 0 saturated heterocycles. The second kappa shape index (κ2) is 38700. The van der Waals surface area contributed by atoms with Crippen LogP contribution in [0.25, 0.3) is 0 Å². The van der Waals surface area contributed by atoms with Crippen LogP contribution < -0.4 is 0 Å². The van der Waals surface area contributed by atoms with E-state index in [9.17, 15) is 0 Å². The average molecular weight is 1350 g/mol. The lowest BCUT2D eigenvalue weighted by atomic mass is 16.0. The van der Waals surface area contributed by atoms with Crippen LogP contribution in [-0.4, -0.2) is 411 Å². The topological polar surface area (TPSA) is 2360 Å². The summed E-state index contributed by atoms with van der Waals surface area (Å²) < 4.78 is 0. The summed E-state index contributed by atoms with van der Waals surface area (Å²) in [5, 5.41) is 0. The van der Waals surface area contributed by atoms with E-state index in [1.165, 1.54) is 0 Å². The van der Waals surface area contributed by atoms with E-state index in [2.05, 4.69) is 0 Å². The molecule has 0 amide bonds. The molecule has 0 fully saturated rings. The van der Waals surface area contributed by atoms with Crippen LogP contribution in [0.2, 0.25) is 0 Å². The predicted molar refractivity (Wildman–Crippen MR) is 271 cm³/mol. The highest BCUT2D eigenvalue weighted by Crippen LogP contribution is -0.215. The number of rotatable bonds is 0. The highest BCUT2D eigenvalue weighted by Gasteiger charge is -0.338. The molecule has 0 bridgehead atoms. The van der Waals surface area contributed by atoms with Gasteiger partial charge in [-0.15, -0.1) is 0 Å². The van der Waals surface area contributed by atoms with Crippen LogP contribution in [0.3, 0.4) is 0 Å². The van der Waals surface area contributed by atoms with Crippen LogP contribution in [0.1, 0.15) is 0 Å². The summed E-state index contributed by atoms with van der Waals surface area (Å²) in [6, 6.07) is 0. The molecule has 0 aliphatic heterocycles. The first-order chi connectivity index (χ1) is 0. The van der Waals surface area contributed by atoms with E-state index in [1.807, 2.05) is 0 Å². The Balaban J connectivity index is 0. The normalized spacial score (nSPS) is 0. The second-order valence-electron chi connectivity index (χ2n) is 0. The quantitative estimate of drug-likeness (QED) is 0.218. The van der Waals surface area contributed by atoms with Gasteiger partial charge >= 0.3 is 0 Å². The Morgan fingerprint density at radius 3 is 0.0133 bits per heavy atom. The molecule has 0 aliphatic rings. The minimum absolute atomic E-state index is 0. The Bertz CT molecular complexity index is 0. The fourth-order valence-corrected chi connectivity index (χ4v) is 0. The van der Waals surface area contributed by atoms with Gasteiger partial charge in [0, 0.05) is 0 Å². The smallest absolute Gasteiger partial charge is 0.412 e. The van der Waals surface area contributed by atoms with E-state index in [0.29, 0.717) is 0 Å². The Hall–Kier alpha value is -3.00. The molecule has 0 saturated carbocycles. The number of hydrogen-bond acceptors (Lipinski definition) is 0. The van der Waals surface area contributed by atoms with Gasteiger partial charge in [0.25, 0.3) is 0 Å². The highest BCUT2D eigenvalue weighted by molar-refractivity contribution is 0.898. The maximum atomic E-state index is 0. The standard InChI is InChI=1S/75H2O/h75*1H2. The highest BCUT2D eigenvalue weighted by atomic mass is 16.1. The van der Waals surface area contributed by atoms with Crippen LogP contribution in [-0.2, 0) is 0 Å². The van der Waals surface area contributed by atoms with Crippen LogP contribution in [0.15, 0.2) is 0 Å². The zero-order chi connectivity index (χ0) is 0. The summed E-state index contributed by atoms with van der Waals surface area (Å²) in [7, 11) is 0. The van der Waals surface area contributed by atoms with Crippen molar-refractivity contribution in [3.05, 3.63) is 0 Å². The van der Waals surface area contributed by atoms with E-state index in [0.717, 1.165) is 0 Å². The molecular weight excluding hydrogens is 1200 g/mol. The van der Waals surface area contributed by atoms with Gasteiger partial charge in [-0.05, 0) is 0 Å². The van der Waals surface area contributed by atoms with Crippen molar-refractivity contribution in [3.8, 4) is 0 Å². The fourth-order valence-electron chi connectivity index (χ4n) is 0. The average Bonchev–Trinajstić information content (AvgIpc) is 0. The third-order valence-corrected chi connectivity index (χ3v) is 0. The minimum atomic E-state index is 0. The first-order valence-electron chi connectivity index (χ1n) is 0. The Morgan fingerprint density at radius 2 is 0.0133 bits per heavy atom. The maximum Gasteiger partial charge on any atom is -0.412 e. The first kappa shape index (κ1) is 40300. The molecule has 0 aromatic carbocycles. The van der Waals surface area contributed by atoms with Crippen molar-refractivity contribution in [2.45, 2.75) is 0 Å². The summed E-state index contributed by atoms with van der Waals surface area (Å²) in [6.07, 6.45) is 0. The molecule has 0 heterocycles. The summed E-state index contributed by atoms with van der Waals surface area (Å²) in [4.78, 5) is 0. The van der Waals surface area contributed by atoms with Crippen molar-refractivity contribution in [1.29, 1.82) is 0 Å². The molecule has 0 aliphatic carbocycles. The van der Waals surface area contributed by atoms with Crippen molar-refractivity contribution < 1.29 is 411 Å². The molecule has 0 radical (unpaired) electrons. The van der Waals surface area contributed by atoms with Gasteiger partial charge < -0.3 is 411 Å². The monoisotopic (exact) mass is 1350 g/mol. The third-order valence-electron chi connectivity index (χ3n) is 0. The third kappa shape index (κ3) is 37600. The van der Waals surface area contributed by atoms with E-state index < -0.39 is 0 Å². The lowest BCUT2D eigenvalue weighted by molar-refractivity contribution is 0.823. The van der Waals surface area contributed by atoms with Gasteiger partial charge in [-0.25, -0.2) is 0 Å². The summed E-state index contributed by atoms with van der Waals surface area (Å²) >= 11 is 0. The molecule has 75 nitrogen and oxygen atoms in total. The first-order valence-corrected chi connectivity index (χ1v) is 0. The Kier molecular flexibility index (Phi) is 20800000. The lowest BCUT2D eigenvalue weighted by Crippen LogP contribution is -0.290. The minimum Gasteiger partial charge on any atom is -0.412 e. The fraction of sp³-hybridized carbons (Fsp3) is 0. The summed E-state index contributed by atoms with van der Waals surface area (Å²) in [5.74, 6) is 0. The van der Waals surface area contributed by atoms with Crippen LogP contribution in [0.5, 0.6) is 0 Å². The van der Waals surface area contributed by atoms with E-state index in [4.69, 9.17) is 0 Å². The van der Waals surface area contributed by atoms with Gasteiger partial charge in [0.2, 0.25) is 0 Å². The van der Waals surface area contributed by atoms with Crippen molar-refractivity contribution in [2.75, 3.05) is 0 Å². The van der Waals surface area contributed by atoms with E-state index in [1.54, 1.807) is 0 Å². The predicted octanol–water partition coefficient (Wildman–Crippen LogP) is -61.9. The van der Waals surface area contributed by atoms with E-state index >= 15 is 0 Å². The molecular formula is H150O75. The van der Waals surface area contributed by atoms with Crippen LogP contribution in [0.4, 0.5) is 0 Å². The number of hydrogen-bond donors (Lipinski definition) is 0. The molecule has 0 unspecified atom stereocenters. The molecule has 75 heavy (non-hydrogen) atoms. The molecule has 0 atom stereocenters. The summed E-state index contributed by atoms with van der Waals surface area (Å²) in [6.45, 7) is 0. The zero-order valence-electron chi connectivity index (χ0n) is 37.5. The Morgan fingerprint density at radius 1 is 0.0133 bits per heavy atom. The van der Waals surface area contributed by atoms with Gasteiger partial charge in [-0.1, -0.05) is 0 Å². The van der Waals surface area contributed by atoms with Gasteiger partial charge in [0.15, 0.2) is 0 Å². The van der Waals surface area contributed by atoms with Gasteiger partial charge in [0.1, 0.15) is 0 Å². The van der Waals surface area contributed by atoms with Gasteiger partial charge in [-0.3, -0.25) is 0 Å². The van der Waals surface area contributed by atoms with Gasteiger partial charge in [-0.2, -0.15) is 0 Å². The molecule has 150 N–H and O–H groups in total. The van der Waals surface area contributed by atoms with Crippen molar-refractivity contribution in [2.24, 2.45) is 0 Å². The van der Waals surface area contributed by atoms with Crippen molar-refractivity contribution >= 4 is 0 Å². The molecule has 0 rings (SSSR count). The van der Waals surface area contributed by atoms with Gasteiger partial charge in [0.05, 0.1) is 0 Å². The largest absolute Gasteiger partial charge is 0.412 e. The van der Waals surface area contributed by atoms with Crippen LogP contribution in [0, 0.1) is 0 Å².